The molecular weight excluding hydrogens is 184 g/mol. The Morgan fingerprint density at radius 2 is 2.13 bits per heavy atom. The molecule has 1 saturated heterocycles. The molecule has 1 N–H and O–H groups in total. The highest BCUT2D eigenvalue weighted by molar-refractivity contribution is 4.92. The summed E-state index contributed by atoms with van der Waals surface area (Å²) >= 11 is 0. The largest absolute Gasteiger partial charge is 0.315 e. The van der Waals surface area contributed by atoms with Gasteiger partial charge in [0.25, 0.3) is 0 Å². The van der Waals surface area contributed by atoms with Crippen LogP contribution in [0.1, 0.15) is 32.1 Å². The lowest BCUT2D eigenvalue weighted by molar-refractivity contribution is 0.180. The first-order chi connectivity index (χ1) is 7.33. The van der Waals surface area contributed by atoms with Gasteiger partial charge in [-0.15, -0.1) is 0 Å². The molecule has 4 unspecified atom stereocenters. The second-order valence-electron chi connectivity index (χ2n) is 6.02. The Morgan fingerprint density at radius 1 is 1.20 bits per heavy atom. The predicted molar refractivity (Wildman–Crippen MR) is 62.8 cm³/mol. The van der Waals surface area contributed by atoms with Crippen molar-refractivity contribution in [2.45, 2.75) is 38.1 Å². The Labute approximate surface area is 93.4 Å². The van der Waals surface area contributed by atoms with Gasteiger partial charge in [-0.3, -0.25) is 0 Å². The first-order valence-corrected chi connectivity index (χ1v) is 6.74. The molecule has 0 amide bonds. The molecule has 3 aliphatic rings. The third kappa shape index (κ3) is 1.94. The number of hydrogen-bond acceptors (Lipinski definition) is 2. The van der Waals surface area contributed by atoms with Crippen LogP contribution in [-0.2, 0) is 0 Å². The summed E-state index contributed by atoms with van der Waals surface area (Å²) in [5.41, 5.74) is 0. The van der Waals surface area contributed by atoms with E-state index >= 15 is 0 Å². The number of hydrogen-bond donors (Lipinski definition) is 1. The quantitative estimate of drug-likeness (QED) is 0.759. The molecule has 15 heavy (non-hydrogen) atoms. The van der Waals surface area contributed by atoms with Crippen molar-refractivity contribution in [2.24, 2.45) is 17.8 Å². The summed E-state index contributed by atoms with van der Waals surface area (Å²) in [6.07, 6.45) is 7.52. The van der Waals surface area contributed by atoms with Crippen LogP contribution in [0.2, 0.25) is 0 Å². The van der Waals surface area contributed by atoms with Crippen molar-refractivity contribution in [2.75, 3.05) is 26.7 Å². The minimum Gasteiger partial charge on any atom is -0.315 e. The minimum absolute atomic E-state index is 0.823. The lowest BCUT2D eigenvalue weighted by Crippen LogP contribution is -2.38. The van der Waals surface area contributed by atoms with E-state index in [0.717, 1.165) is 23.8 Å². The Kier molecular flexibility index (Phi) is 2.73. The fourth-order valence-corrected chi connectivity index (χ4v) is 4.13. The van der Waals surface area contributed by atoms with Crippen molar-refractivity contribution in [3.8, 4) is 0 Å². The van der Waals surface area contributed by atoms with Crippen LogP contribution in [-0.4, -0.2) is 37.6 Å². The molecule has 3 fully saturated rings. The highest BCUT2D eigenvalue weighted by Crippen LogP contribution is 2.48. The maximum Gasteiger partial charge on any atom is 0.0229 e. The first-order valence-electron chi connectivity index (χ1n) is 6.74. The van der Waals surface area contributed by atoms with E-state index in [1.54, 1.807) is 6.42 Å². The van der Waals surface area contributed by atoms with Gasteiger partial charge in [-0.1, -0.05) is 6.42 Å². The molecule has 3 rings (SSSR count). The smallest absolute Gasteiger partial charge is 0.0229 e. The number of rotatable bonds is 3. The monoisotopic (exact) mass is 208 g/mol. The van der Waals surface area contributed by atoms with Gasteiger partial charge in [0.15, 0.2) is 0 Å². The number of fused-ring (bicyclic) bond motifs is 2. The molecule has 0 aromatic rings. The Balaban J connectivity index is 1.52. The molecule has 0 radical (unpaired) electrons. The van der Waals surface area contributed by atoms with Gasteiger partial charge in [-0.05, 0) is 57.0 Å². The second kappa shape index (κ2) is 4.06. The van der Waals surface area contributed by atoms with E-state index in [9.17, 15) is 0 Å². The van der Waals surface area contributed by atoms with E-state index in [1.165, 1.54) is 45.3 Å². The second-order valence-corrected chi connectivity index (χ2v) is 6.02. The fourth-order valence-electron chi connectivity index (χ4n) is 4.13. The Hall–Kier alpha value is -0.0800. The van der Waals surface area contributed by atoms with Crippen molar-refractivity contribution in [1.82, 2.24) is 10.2 Å². The normalized spacial score (nSPS) is 44.4. The van der Waals surface area contributed by atoms with Crippen LogP contribution in [0.3, 0.4) is 0 Å². The summed E-state index contributed by atoms with van der Waals surface area (Å²) < 4.78 is 0. The van der Waals surface area contributed by atoms with Gasteiger partial charge < -0.3 is 10.2 Å². The lowest BCUT2D eigenvalue weighted by Gasteiger charge is -2.30. The zero-order valence-corrected chi connectivity index (χ0v) is 9.91. The van der Waals surface area contributed by atoms with Gasteiger partial charge in [0.1, 0.15) is 0 Å². The molecule has 0 spiro atoms. The molecule has 86 valence electrons. The molecule has 2 heteroatoms. The fraction of sp³-hybridized carbons (Fsp3) is 1.00. The van der Waals surface area contributed by atoms with Crippen molar-refractivity contribution >= 4 is 0 Å². The van der Waals surface area contributed by atoms with Crippen molar-refractivity contribution in [3.05, 3.63) is 0 Å². The highest BCUT2D eigenvalue weighted by atomic mass is 15.2. The highest BCUT2D eigenvalue weighted by Gasteiger charge is 2.40. The zero-order valence-electron chi connectivity index (χ0n) is 9.91. The number of nitrogens with zero attached hydrogens (tertiary/aromatic N) is 1. The minimum atomic E-state index is 0.823. The molecule has 0 aromatic carbocycles. The molecule has 2 bridgehead atoms. The molecular formula is C13H24N2. The van der Waals surface area contributed by atoms with Gasteiger partial charge in [0.2, 0.25) is 0 Å². The third-order valence-electron chi connectivity index (χ3n) is 5.06. The van der Waals surface area contributed by atoms with Crippen LogP contribution < -0.4 is 5.32 Å². The van der Waals surface area contributed by atoms with Gasteiger partial charge >= 0.3 is 0 Å². The summed E-state index contributed by atoms with van der Waals surface area (Å²) in [6.45, 7) is 3.82. The van der Waals surface area contributed by atoms with Gasteiger partial charge in [0.05, 0.1) is 0 Å². The maximum atomic E-state index is 3.47. The van der Waals surface area contributed by atoms with Crippen LogP contribution in [0, 0.1) is 17.8 Å². The van der Waals surface area contributed by atoms with E-state index in [0.29, 0.717) is 0 Å². The van der Waals surface area contributed by atoms with Gasteiger partial charge in [0, 0.05) is 19.1 Å². The van der Waals surface area contributed by atoms with Crippen molar-refractivity contribution in [3.63, 3.8) is 0 Å². The van der Waals surface area contributed by atoms with Crippen LogP contribution in [0.5, 0.6) is 0 Å². The van der Waals surface area contributed by atoms with Crippen LogP contribution >= 0.6 is 0 Å². The van der Waals surface area contributed by atoms with Crippen LogP contribution in [0.15, 0.2) is 0 Å². The molecule has 1 aliphatic heterocycles. The molecule has 2 aliphatic carbocycles. The summed E-state index contributed by atoms with van der Waals surface area (Å²) in [5, 5.41) is 3.47. The van der Waals surface area contributed by atoms with E-state index in [2.05, 4.69) is 17.3 Å². The summed E-state index contributed by atoms with van der Waals surface area (Å²) in [5.74, 6) is 3.23. The molecule has 0 aromatic heterocycles. The summed E-state index contributed by atoms with van der Waals surface area (Å²) in [6, 6.07) is 0.823. The topological polar surface area (TPSA) is 15.3 Å². The maximum absolute atomic E-state index is 3.47. The predicted octanol–water partition coefficient (Wildman–Crippen LogP) is 1.72. The standard InChI is InChI=1S/C13H24N2/c1-15(13-4-5-14-8-13)9-12-7-10-2-3-11(12)6-10/h10-14H,2-9H2,1H3. The Morgan fingerprint density at radius 3 is 2.73 bits per heavy atom. The van der Waals surface area contributed by atoms with Crippen LogP contribution in [0.25, 0.3) is 0 Å². The molecule has 2 saturated carbocycles. The van der Waals surface area contributed by atoms with E-state index < -0.39 is 0 Å². The molecule has 4 atom stereocenters. The Bertz CT molecular complexity index is 223. The van der Waals surface area contributed by atoms with E-state index in [1.807, 2.05) is 0 Å². The average molecular weight is 208 g/mol. The SMILES string of the molecule is CN(CC1CC2CCC1C2)C1CCNC1. The molecule has 2 nitrogen and oxygen atoms in total. The lowest BCUT2D eigenvalue weighted by atomic mass is 9.88. The summed E-state index contributed by atoms with van der Waals surface area (Å²) in [7, 11) is 2.34. The van der Waals surface area contributed by atoms with Gasteiger partial charge in [-0.2, -0.15) is 0 Å². The average Bonchev–Trinajstić information content (AvgIpc) is 2.95. The van der Waals surface area contributed by atoms with E-state index in [4.69, 9.17) is 0 Å². The summed E-state index contributed by atoms with van der Waals surface area (Å²) in [4.78, 5) is 2.63. The van der Waals surface area contributed by atoms with E-state index in [-0.39, 0.29) is 0 Å². The molecule has 1 heterocycles. The third-order valence-corrected chi connectivity index (χ3v) is 5.06. The zero-order chi connectivity index (χ0) is 10.3. The van der Waals surface area contributed by atoms with Gasteiger partial charge in [-0.25, -0.2) is 0 Å². The van der Waals surface area contributed by atoms with Crippen LogP contribution in [0.4, 0.5) is 0 Å². The number of likely N-dealkylation sites (N-methyl/N-ethyl adjacent to an activating group) is 1. The first kappa shape index (κ1) is 10.1. The number of nitrogens with one attached hydrogen (secondary N) is 1. The van der Waals surface area contributed by atoms with Crippen molar-refractivity contribution < 1.29 is 0 Å². The van der Waals surface area contributed by atoms with Crippen molar-refractivity contribution in [1.29, 1.82) is 0 Å².